The second-order valence-electron chi connectivity index (χ2n) is 7.22. The fraction of sp³-hybridized carbons (Fsp3) is 0.200. The van der Waals surface area contributed by atoms with Crippen LogP contribution in [0.4, 0.5) is 0 Å². The second-order valence-corrected chi connectivity index (χ2v) is 8.27. The quantitative estimate of drug-likeness (QED) is 0.374. The van der Waals surface area contributed by atoms with E-state index in [1.165, 1.54) is 0 Å². The monoisotopic (exact) mass is 431 g/mol. The number of hydrogen-bond donors (Lipinski definition) is 1. The summed E-state index contributed by atoms with van der Waals surface area (Å²) in [5.41, 5.74) is 3.70. The van der Waals surface area contributed by atoms with Crippen LogP contribution in [0.15, 0.2) is 84.0 Å². The topological polar surface area (TPSA) is 55.6 Å². The Hall–Kier alpha value is -3.25. The van der Waals surface area contributed by atoms with E-state index in [2.05, 4.69) is 17.2 Å². The van der Waals surface area contributed by atoms with Crippen molar-refractivity contribution in [2.75, 3.05) is 7.11 Å². The number of nitrogens with one attached hydrogen (secondary N) is 1. The summed E-state index contributed by atoms with van der Waals surface area (Å²) in [6, 6.07) is 21.5. The van der Waals surface area contributed by atoms with Crippen molar-refractivity contribution in [2.24, 2.45) is 0 Å². The Labute approximate surface area is 186 Å². The first kappa shape index (κ1) is 21.0. The number of methoxy groups -OCH3 is 1. The molecule has 0 bridgehead atoms. The summed E-state index contributed by atoms with van der Waals surface area (Å²) in [5.74, 6) is 1.52. The molecule has 1 unspecified atom stereocenters. The smallest absolute Gasteiger partial charge is 0.251 e. The van der Waals surface area contributed by atoms with Gasteiger partial charge in [-0.2, -0.15) is 0 Å². The molecule has 2 heterocycles. The summed E-state index contributed by atoms with van der Waals surface area (Å²) in [5, 5.41) is 3.13. The van der Waals surface area contributed by atoms with Crippen LogP contribution in [0, 0.1) is 0 Å². The molecule has 5 nitrogen and oxygen atoms in total. The predicted molar refractivity (Wildman–Crippen MR) is 125 cm³/mol. The van der Waals surface area contributed by atoms with Crippen LogP contribution in [0.25, 0.3) is 5.65 Å². The molecule has 0 spiro atoms. The van der Waals surface area contributed by atoms with Gasteiger partial charge in [0.1, 0.15) is 11.4 Å². The fourth-order valence-corrected chi connectivity index (χ4v) is 4.20. The van der Waals surface area contributed by atoms with Crippen LogP contribution in [0.1, 0.15) is 41.0 Å². The number of amides is 1. The molecule has 0 saturated carbocycles. The van der Waals surface area contributed by atoms with E-state index in [4.69, 9.17) is 4.74 Å². The molecule has 0 radical (unpaired) electrons. The average Bonchev–Trinajstić information content (AvgIpc) is 3.24. The molecule has 6 heteroatoms. The van der Waals surface area contributed by atoms with Crippen molar-refractivity contribution in [2.45, 2.75) is 30.0 Å². The molecule has 2 aromatic carbocycles. The molecule has 1 amide bonds. The lowest BCUT2D eigenvalue weighted by Gasteiger charge is -2.18. The van der Waals surface area contributed by atoms with Crippen LogP contribution in [0.3, 0.4) is 0 Å². The van der Waals surface area contributed by atoms with Gasteiger partial charge in [0.25, 0.3) is 5.91 Å². The maximum atomic E-state index is 12.7. The number of nitrogens with zero attached hydrogens (tertiary/aromatic N) is 2. The molecule has 4 aromatic rings. The number of fused-ring (bicyclic) bond motifs is 1. The Morgan fingerprint density at radius 1 is 1.10 bits per heavy atom. The Morgan fingerprint density at radius 3 is 2.55 bits per heavy atom. The molecule has 0 saturated heterocycles. The molecule has 4 rings (SSSR count). The molecule has 1 N–H and O–H groups in total. The van der Waals surface area contributed by atoms with Gasteiger partial charge in [0.05, 0.1) is 18.8 Å². The van der Waals surface area contributed by atoms with E-state index >= 15 is 0 Å². The Kier molecular flexibility index (Phi) is 6.57. The van der Waals surface area contributed by atoms with Gasteiger partial charge in [-0.1, -0.05) is 25.1 Å². The standard InChI is InChI=1S/C25H25N3O2S/c1-3-23(18-7-11-21(30-2)12-8-18)27-25(29)19-9-13-22(14-10-19)31-17-20-16-28-15-5-4-6-24(28)26-20/h4-16,23H,3,17H2,1-2H3,(H,27,29). The maximum Gasteiger partial charge on any atom is 0.251 e. The molecular weight excluding hydrogens is 406 g/mol. The first-order valence-corrected chi connectivity index (χ1v) is 11.2. The third-order valence-electron chi connectivity index (χ3n) is 5.15. The van der Waals surface area contributed by atoms with Gasteiger partial charge in [-0.15, -0.1) is 11.8 Å². The minimum absolute atomic E-state index is 0.0393. The summed E-state index contributed by atoms with van der Waals surface area (Å²) < 4.78 is 7.24. The largest absolute Gasteiger partial charge is 0.497 e. The van der Waals surface area contributed by atoms with Gasteiger partial charge in [0.2, 0.25) is 0 Å². The van der Waals surface area contributed by atoms with Crippen molar-refractivity contribution in [3.63, 3.8) is 0 Å². The summed E-state index contributed by atoms with van der Waals surface area (Å²) in [6.07, 6.45) is 4.86. The van der Waals surface area contributed by atoms with Crippen LogP contribution in [-0.2, 0) is 5.75 Å². The number of pyridine rings is 1. The van der Waals surface area contributed by atoms with Crippen LogP contribution in [0.2, 0.25) is 0 Å². The molecule has 31 heavy (non-hydrogen) atoms. The normalized spacial score (nSPS) is 11.9. The van der Waals surface area contributed by atoms with Crippen molar-refractivity contribution in [1.82, 2.24) is 14.7 Å². The first-order valence-electron chi connectivity index (χ1n) is 10.3. The van der Waals surface area contributed by atoms with E-state index < -0.39 is 0 Å². The van der Waals surface area contributed by atoms with Crippen molar-refractivity contribution in [1.29, 1.82) is 0 Å². The molecule has 158 valence electrons. The number of imidazole rings is 1. The SMILES string of the molecule is CCC(NC(=O)c1ccc(SCc2cn3ccccc3n2)cc1)c1ccc(OC)cc1. The second kappa shape index (κ2) is 9.71. The number of aromatic nitrogens is 2. The number of carbonyl (C=O) groups excluding carboxylic acids is 1. The van der Waals surface area contributed by atoms with E-state index in [9.17, 15) is 4.79 Å². The van der Waals surface area contributed by atoms with Gasteiger partial charge in [-0.3, -0.25) is 4.79 Å². The van der Waals surface area contributed by atoms with E-state index in [1.54, 1.807) is 18.9 Å². The Bertz CT molecular complexity index is 1120. The Morgan fingerprint density at radius 2 is 1.87 bits per heavy atom. The van der Waals surface area contributed by atoms with Crippen LogP contribution < -0.4 is 10.1 Å². The van der Waals surface area contributed by atoms with E-state index in [0.717, 1.165) is 39.7 Å². The van der Waals surface area contributed by atoms with E-state index in [-0.39, 0.29) is 11.9 Å². The van der Waals surface area contributed by atoms with Gasteiger partial charge >= 0.3 is 0 Å². The van der Waals surface area contributed by atoms with Crippen molar-refractivity contribution < 1.29 is 9.53 Å². The average molecular weight is 432 g/mol. The van der Waals surface area contributed by atoms with E-state index in [0.29, 0.717) is 5.56 Å². The van der Waals surface area contributed by atoms with Crippen LogP contribution in [0.5, 0.6) is 5.75 Å². The fourth-order valence-electron chi connectivity index (χ4n) is 3.42. The number of hydrogen-bond acceptors (Lipinski definition) is 4. The van der Waals surface area contributed by atoms with Crippen molar-refractivity contribution >= 4 is 23.3 Å². The number of carbonyl (C=O) groups is 1. The van der Waals surface area contributed by atoms with E-state index in [1.807, 2.05) is 83.5 Å². The van der Waals surface area contributed by atoms with Crippen LogP contribution in [-0.4, -0.2) is 22.4 Å². The maximum absolute atomic E-state index is 12.7. The van der Waals surface area contributed by atoms with Crippen molar-refractivity contribution in [3.8, 4) is 5.75 Å². The highest BCUT2D eigenvalue weighted by Crippen LogP contribution is 2.24. The lowest BCUT2D eigenvalue weighted by molar-refractivity contribution is 0.0935. The van der Waals surface area contributed by atoms with Crippen molar-refractivity contribution in [3.05, 3.63) is 95.9 Å². The predicted octanol–water partition coefficient (Wildman–Crippen LogP) is 5.52. The number of rotatable bonds is 8. The van der Waals surface area contributed by atoms with Gasteiger partial charge < -0.3 is 14.5 Å². The lowest BCUT2D eigenvalue weighted by Crippen LogP contribution is -2.28. The molecular formula is C25H25N3O2S. The third kappa shape index (κ3) is 5.09. The zero-order chi connectivity index (χ0) is 21.6. The lowest BCUT2D eigenvalue weighted by atomic mass is 10.0. The van der Waals surface area contributed by atoms with Crippen LogP contribution >= 0.6 is 11.8 Å². The number of ether oxygens (including phenoxy) is 1. The Balaban J connectivity index is 1.36. The highest BCUT2D eigenvalue weighted by molar-refractivity contribution is 7.98. The zero-order valence-corrected chi connectivity index (χ0v) is 18.4. The number of benzene rings is 2. The highest BCUT2D eigenvalue weighted by Gasteiger charge is 2.14. The van der Waals surface area contributed by atoms with Gasteiger partial charge in [0, 0.05) is 28.6 Å². The summed E-state index contributed by atoms with van der Waals surface area (Å²) in [4.78, 5) is 18.5. The first-order chi connectivity index (χ1) is 15.2. The summed E-state index contributed by atoms with van der Waals surface area (Å²) >= 11 is 1.71. The third-order valence-corrected chi connectivity index (χ3v) is 6.19. The minimum atomic E-state index is -0.0698. The molecule has 2 aromatic heterocycles. The summed E-state index contributed by atoms with van der Waals surface area (Å²) in [7, 11) is 1.65. The number of thioether (sulfide) groups is 1. The zero-order valence-electron chi connectivity index (χ0n) is 17.6. The molecule has 1 atom stereocenters. The van der Waals surface area contributed by atoms with Gasteiger partial charge in [-0.25, -0.2) is 4.98 Å². The summed E-state index contributed by atoms with van der Waals surface area (Å²) in [6.45, 7) is 2.06. The highest BCUT2D eigenvalue weighted by atomic mass is 32.2. The molecule has 0 aliphatic rings. The molecule has 0 aliphatic heterocycles. The molecule has 0 fully saturated rings. The minimum Gasteiger partial charge on any atom is -0.497 e. The van der Waals surface area contributed by atoms with Gasteiger partial charge in [0.15, 0.2) is 0 Å². The molecule has 0 aliphatic carbocycles. The van der Waals surface area contributed by atoms with Gasteiger partial charge in [-0.05, 0) is 60.5 Å².